The zero-order valence-corrected chi connectivity index (χ0v) is 13.6. The molecular weight excluding hydrogens is 292 g/mol. The summed E-state index contributed by atoms with van der Waals surface area (Å²) in [6.07, 6.45) is -0.639. The van der Waals surface area contributed by atoms with Crippen LogP contribution >= 0.6 is 0 Å². The van der Waals surface area contributed by atoms with Crippen LogP contribution in [0.15, 0.2) is 29.2 Å². The second kappa shape index (κ2) is 7.42. The molecule has 1 aromatic carbocycles. The smallest absolute Gasteiger partial charge is 0.260 e. The van der Waals surface area contributed by atoms with Gasteiger partial charge in [-0.25, -0.2) is 8.42 Å². The van der Waals surface area contributed by atoms with E-state index in [0.717, 1.165) is 0 Å². The Bertz CT molecular complexity index is 565. The molecule has 0 aromatic heterocycles. The molecule has 7 heteroatoms. The van der Waals surface area contributed by atoms with Crippen LogP contribution in [-0.4, -0.2) is 44.9 Å². The molecule has 1 aromatic rings. The Labute approximate surface area is 126 Å². The van der Waals surface area contributed by atoms with E-state index in [1.165, 1.54) is 23.5 Å². The van der Waals surface area contributed by atoms with Crippen LogP contribution in [-0.2, 0) is 14.8 Å². The van der Waals surface area contributed by atoms with Gasteiger partial charge < -0.3 is 10.1 Å². The number of hydrogen-bond acceptors (Lipinski definition) is 4. The molecule has 0 aliphatic heterocycles. The van der Waals surface area contributed by atoms with E-state index in [2.05, 4.69) is 5.32 Å². The molecule has 21 heavy (non-hydrogen) atoms. The van der Waals surface area contributed by atoms with Gasteiger partial charge >= 0.3 is 0 Å². The normalized spacial score (nSPS) is 13.0. The Balaban J connectivity index is 2.90. The molecule has 0 fully saturated rings. The lowest BCUT2D eigenvalue weighted by atomic mass is 10.3. The quantitative estimate of drug-likeness (QED) is 0.821. The van der Waals surface area contributed by atoms with Crippen LogP contribution in [0.4, 0.5) is 0 Å². The Hall–Kier alpha value is -1.60. The Morgan fingerprint density at radius 1 is 1.24 bits per heavy atom. The highest BCUT2D eigenvalue weighted by Crippen LogP contribution is 2.20. The van der Waals surface area contributed by atoms with Crippen molar-refractivity contribution >= 4 is 15.9 Å². The SMILES string of the molecule is CCN(CC)S(=O)(=O)c1ccc(O[C@@H](C)C(=O)NC)cc1. The predicted molar refractivity (Wildman–Crippen MR) is 80.7 cm³/mol. The molecule has 0 aliphatic rings. The maximum Gasteiger partial charge on any atom is 0.260 e. The van der Waals surface area contributed by atoms with Crippen molar-refractivity contribution in [2.45, 2.75) is 31.8 Å². The van der Waals surface area contributed by atoms with Gasteiger partial charge in [-0.1, -0.05) is 13.8 Å². The zero-order chi connectivity index (χ0) is 16.0. The van der Waals surface area contributed by atoms with Gasteiger partial charge in [0.25, 0.3) is 5.91 Å². The molecule has 1 amide bonds. The predicted octanol–water partition coefficient (Wildman–Crippen LogP) is 1.23. The third kappa shape index (κ3) is 4.18. The van der Waals surface area contributed by atoms with Crippen LogP contribution in [0.5, 0.6) is 5.75 Å². The highest BCUT2D eigenvalue weighted by Gasteiger charge is 2.21. The summed E-state index contributed by atoms with van der Waals surface area (Å²) in [5.41, 5.74) is 0. The molecule has 1 atom stereocenters. The minimum atomic E-state index is -3.47. The van der Waals surface area contributed by atoms with Gasteiger partial charge in [0.1, 0.15) is 5.75 Å². The van der Waals surface area contributed by atoms with Crippen molar-refractivity contribution in [3.8, 4) is 5.75 Å². The molecule has 0 radical (unpaired) electrons. The summed E-state index contributed by atoms with van der Waals surface area (Å²) in [6, 6.07) is 6.07. The van der Waals surface area contributed by atoms with Crippen molar-refractivity contribution in [3.05, 3.63) is 24.3 Å². The van der Waals surface area contributed by atoms with Crippen LogP contribution < -0.4 is 10.1 Å². The lowest BCUT2D eigenvalue weighted by Gasteiger charge is -2.19. The maximum absolute atomic E-state index is 12.3. The number of amides is 1. The second-order valence-electron chi connectivity index (χ2n) is 4.44. The fourth-order valence-corrected chi connectivity index (χ4v) is 3.32. The molecule has 0 saturated heterocycles. The number of hydrogen-bond donors (Lipinski definition) is 1. The lowest BCUT2D eigenvalue weighted by Crippen LogP contribution is -2.33. The van der Waals surface area contributed by atoms with Crippen molar-refractivity contribution in [1.29, 1.82) is 0 Å². The molecule has 0 heterocycles. The van der Waals surface area contributed by atoms with E-state index in [9.17, 15) is 13.2 Å². The first-order valence-corrected chi connectivity index (χ1v) is 8.29. The third-order valence-corrected chi connectivity index (χ3v) is 5.16. The highest BCUT2D eigenvalue weighted by atomic mass is 32.2. The fourth-order valence-electron chi connectivity index (χ4n) is 1.86. The Morgan fingerprint density at radius 2 is 1.76 bits per heavy atom. The molecule has 0 spiro atoms. The fraction of sp³-hybridized carbons (Fsp3) is 0.500. The monoisotopic (exact) mass is 314 g/mol. The number of nitrogens with zero attached hydrogens (tertiary/aromatic N) is 1. The van der Waals surface area contributed by atoms with E-state index in [4.69, 9.17) is 4.74 Å². The number of benzene rings is 1. The van der Waals surface area contributed by atoms with Crippen LogP contribution in [0.2, 0.25) is 0 Å². The number of rotatable bonds is 7. The molecule has 6 nitrogen and oxygen atoms in total. The minimum Gasteiger partial charge on any atom is -0.481 e. The molecule has 1 rings (SSSR count). The first-order valence-electron chi connectivity index (χ1n) is 6.85. The maximum atomic E-state index is 12.3. The van der Waals surface area contributed by atoms with Crippen molar-refractivity contribution in [3.63, 3.8) is 0 Å². The molecule has 0 bridgehead atoms. The number of ether oxygens (including phenoxy) is 1. The van der Waals surface area contributed by atoms with Gasteiger partial charge in [0.15, 0.2) is 6.10 Å². The average molecular weight is 314 g/mol. The molecular formula is C14H22N2O4S. The van der Waals surface area contributed by atoms with E-state index in [1.54, 1.807) is 32.9 Å². The van der Waals surface area contributed by atoms with Gasteiger partial charge in [-0.15, -0.1) is 0 Å². The minimum absolute atomic E-state index is 0.214. The van der Waals surface area contributed by atoms with E-state index in [0.29, 0.717) is 18.8 Å². The van der Waals surface area contributed by atoms with Crippen molar-refractivity contribution in [2.75, 3.05) is 20.1 Å². The van der Waals surface area contributed by atoms with E-state index < -0.39 is 16.1 Å². The average Bonchev–Trinajstić information content (AvgIpc) is 2.47. The molecule has 1 N–H and O–H groups in total. The number of carbonyl (C=O) groups is 1. The molecule has 0 saturated carbocycles. The van der Waals surface area contributed by atoms with Crippen LogP contribution in [0.3, 0.4) is 0 Å². The topological polar surface area (TPSA) is 75.7 Å². The Kier molecular flexibility index (Phi) is 6.17. The molecule has 118 valence electrons. The van der Waals surface area contributed by atoms with Gasteiger partial charge in [0, 0.05) is 20.1 Å². The van der Waals surface area contributed by atoms with Gasteiger partial charge in [0.2, 0.25) is 10.0 Å². The Morgan fingerprint density at radius 3 is 2.19 bits per heavy atom. The van der Waals surface area contributed by atoms with Gasteiger partial charge in [-0.3, -0.25) is 4.79 Å². The number of sulfonamides is 1. The van der Waals surface area contributed by atoms with Gasteiger partial charge in [-0.2, -0.15) is 4.31 Å². The van der Waals surface area contributed by atoms with Crippen LogP contribution in [0.1, 0.15) is 20.8 Å². The summed E-state index contributed by atoms with van der Waals surface area (Å²) in [7, 11) is -1.94. The van der Waals surface area contributed by atoms with E-state index in [1.807, 2.05) is 0 Å². The summed E-state index contributed by atoms with van der Waals surface area (Å²) in [5, 5.41) is 2.48. The van der Waals surface area contributed by atoms with Crippen LogP contribution in [0, 0.1) is 0 Å². The van der Waals surface area contributed by atoms with Crippen molar-refractivity contribution in [2.24, 2.45) is 0 Å². The first kappa shape index (κ1) is 17.5. The zero-order valence-electron chi connectivity index (χ0n) is 12.8. The summed E-state index contributed by atoms with van der Waals surface area (Å²) >= 11 is 0. The second-order valence-corrected chi connectivity index (χ2v) is 6.37. The standard InChI is InChI=1S/C14H22N2O4S/c1-5-16(6-2)21(18,19)13-9-7-12(8-10-13)20-11(3)14(17)15-4/h7-11H,5-6H2,1-4H3,(H,15,17)/t11-/m0/s1. The van der Waals surface area contributed by atoms with Crippen LogP contribution in [0.25, 0.3) is 0 Å². The first-order chi connectivity index (χ1) is 9.86. The van der Waals surface area contributed by atoms with E-state index in [-0.39, 0.29) is 10.8 Å². The van der Waals surface area contributed by atoms with E-state index >= 15 is 0 Å². The highest BCUT2D eigenvalue weighted by molar-refractivity contribution is 7.89. The van der Waals surface area contributed by atoms with Gasteiger partial charge in [0.05, 0.1) is 4.90 Å². The largest absolute Gasteiger partial charge is 0.481 e. The van der Waals surface area contributed by atoms with Gasteiger partial charge in [-0.05, 0) is 31.2 Å². The summed E-state index contributed by atoms with van der Waals surface area (Å²) in [5.74, 6) is 0.208. The molecule has 0 unspecified atom stereocenters. The number of nitrogens with one attached hydrogen (secondary N) is 1. The lowest BCUT2D eigenvalue weighted by molar-refractivity contribution is -0.126. The number of likely N-dealkylation sites (N-methyl/N-ethyl adjacent to an activating group) is 1. The summed E-state index contributed by atoms with van der Waals surface area (Å²) in [4.78, 5) is 11.6. The molecule has 0 aliphatic carbocycles. The third-order valence-electron chi connectivity index (χ3n) is 3.10. The summed E-state index contributed by atoms with van der Waals surface area (Å²) in [6.45, 7) is 6.06. The van der Waals surface area contributed by atoms with Crippen molar-refractivity contribution < 1.29 is 17.9 Å². The summed E-state index contributed by atoms with van der Waals surface area (Å²) < 4.78 is 31.4. The number of carbonyl (C=O) groups excluding carboxylic acids is 1. The van der Waals surface area contributed by atoms with Crippen molar-refractivity contribution in [1.82, 2.24) is 9.62 Å².